The fourth-order valence-corrected chi connectivity index (χ4v) is 4.66. The molecule has 3 aromatic rings. The average Bonchev–Trinajstić information content (AvgIpc) is 3.56. The van der Waals surface area contributed by atoms with Gasteiger partial charge >= 0.3 is 0 Å². The molecule has 0 atom stereocenters. The molecule has 1 amide bonds. The van der Waals surface area contributed by atoms with Crippen LogP contribution in [0.15, 0.2) is 41.9 Å². The monoisotopic (exact) mass is 423 g/mol. The maximum absolute atomic E-state index is 12.5. The number of nitrogens with zero attached hydrogens (tertiary/aromatic N) is 3. The second-order valence-corrected chi connectivity index (χ2v) is 8.47. The lowest BCUT2D eigenvalue weighted by Crippen LogP contribution is -2.36. The van der Waals surface area contributed by atoms with Gasteiger partial charge in [0.15, 0.2) is 5.13 Å². The fourth-order valence-electron chi connectivity index (χ4n) is 3.92. The number of ether oxygens (including phenoxy) is 1. The Hall–Kier alpha value is -2.84. The molecular formula is C22H25N5O2S. The SMILES string of the molecule is O=C(c1cc(-c2csc(Nc3ccc(N4CCOCC4)cc3)n2)c[nH]1)N1CCCC1. The Morgan fingerprint density at radius 2 is 1.87 bits per heavy atom. The van der Waals surface area contributed by atoms with Gasteiger partial charge in [-0.15, -0.1) is 11.3 Å². The van der Waals surface area contributed by atoms with E-state index in [1.807, 2.05) is 22.5 Å². The highest BCUT2D eigenvalue weighted by molar-refractivity contribution is 7.14. The zero-order valence-corrected chi connectivity index (χ0v) is 17.6. The highest BCUT2D eigenvalue weighted by Gasteiger charge is 2.21. The van der Waals surface area contributed by atoms with Crippen LogP contribution in [0.1, 0.15) is 23.3 Å². The molecule has 0 spiro atoms. The third-order valence-corrected chi connectivity index (χ3v) is 6.36. The van der Waals surface area contributed by atoms with Gasteiger partial charge in [-0.1, -0.05) is 0 Å². The molecule has 7 nitrogen and oxygen atoms in total. The largest absolute Gasteiger partial charge is 0.378 e. The van der Waals surface area contributed by atoms with Gasteiger partial charge in [0.1, 0.15) is 5.69 Å². The van der Waals surface area contributed by atoms with Crippen molar-refractivity contribution in [1.82, 2.24) is 14.9 Å². The van der Waals surface area contributed by atoms with E-state index >= 15 is 0 Å². The first-order valence-corrected chi connectivity index (χ1v) is 11.3. The number of morpholine rings is 1. The molecule has 0 aliphatic carbocycles. The summed E-state index contributed by atoms with van der Waals surface area (Å²) in [5.74, 6) is 0.0766. The highest BCUT2D eigenvalue weighted by Crippen LogP contribution is 2.29. The summed E-state index contributed by atoms with van der Waals surface area (Å²) in [6.07, 6.45) is 4.04. The summed E-state index contributed by atoms with van der Waals surface area (Å²) in [6, 6.07) is 10.3. The first kappa shape index (κ1) is 19.1. The van der Waals surface area contributed by atoms with Gasteiger partial charge in [0.2, 0.25) is 0 Å². The third-order valence-electron chi connectivity index (χ3n) is 5.60. The fraction of sp³-hybridized carbons (Fsp3) is 0.364. The van der Waals surface area contributed by atoms with Gasteiger partial charge in [0, 0.05) is 54.7 Å². The summed E-state index contributed by atoms with van der Waals surface area (Å²) in [7, 11) is 0. The van der Waals surface area contributed by atoms with Crippen molar-refractivity contribution in [3.05, 3.63) is 47.6 Å². The van der Waals surface area contributed by atoms with E-state index < -0.39 is 0 Å². The number of aromatic nitrogens is 2. The van der Waals surface area contributed by atoms with Crippen molar-refractivity contribution in [3.63, 3.8) is 0 Å². The Labute approximate surface area is 179 Å². The van der Waals surface area contributed by atoms with E-state index in [1.54, 1.807) is 11.3 Å². The summed E-state index contributed by atoms with van der Waals surface area (Å²) >= 11 is 1.56. The number of anilines is 3. The molecule has 2 aliphatic heterocycles. The van der Waals surface area contributed by atoms with Gasteiger partial charge < -0.3 is 24.8 Å². The lowest BCUT2D eigenvalue weighted by atomic mass is 10.2. The first-order valence-electron chi connectivity index (χ1n) is 10.4. The molecule has 0 unspecified atom stereocenters. The Balaban J connectivity index is 1.24. The van der Waals surface area contributed by atoms with E-state index in [0.717, 1.165) is 74.3 Å². The van der Waals surface area contributed by atoms with Crippen molar-refractivity contribution >= 4 is 33.8 Å². The molecule has 0 bridgehead atoms. The first-order chi connectivity index (χ1) is 14.8. The number of H-pyrrole nitrogens is 1. The third kappa shape index (κ3) is 4.06. The number of thiazole rings is 1. The zero-order valence-electron chi connectivity index (χ0n) is 16.8. The van der Waals surface area contributed by atoms with Crippen molar-refractivity contribution in [2.75, 3.05) is 49.6 Å². The molecule has 4 heterocycles. The van der Waals surface area contributed by atoms with Gasteiger partial charge in [0.05, 0.1) is 18.9 Å². The van der Waals surface area contributed by atoms with Crippen LogP contribution in [0, 0.1) is 0 Å². The lowest BCUT2D eigenvalue weighted by molar-refractivity contribution is 0.0787. The van der Waals surface area contributed by atoms with Crippen molar-refractivity contribution in [2.24, 2.45) is 0 Å². The molecular weight excluding hydrogens is 398 g/mol. The minimum Gasteiger partial charge on any atom is -0.378 e. The van der Waals surface area contributed by atoms with Gasteiger partial charge in [-0.25, -0.2) is 4.98 Å². The number of likely N-dealkylation sites (tertiary alicyclic amines) is 1. The minimum atomic E-state index is 0.0766. The van der Waals surface area contributed by atoms with Gasteiger partial charge in [-0.3, -0.25) is 4.79 Å². The van der Waals surface area contributed by atoms with Gasteiger partial charge in [-0.05, 0) is 43.2 Å². The van der Waals surface area contributed by atoms with Crippen LogP contribution < -0.4 is 10.2 Å². The predicted octanol–water partition coefficient (Wildman–Crippen LogP) is 3.95. The van der Waals surface area contributed by atoms with Gasteiger partial charge in [0.25, 0.3) is 5.91 Å². The Morgan fingerprint density at radius 1 is 1.10 bits per heavy atom. The molecule has 2 saturated heterocycles. The number of rotatable bonds is 5. The number of aromatic amines is 1. The van der Waals surface area contributed by atoms with Crippen LogP contribution in [-0.4, -0.2) is 60.2 Å². The number of carbonyl (C=O) groups is 1. The van der Waals surface area contributed by atoms with E-state index in [4.69, 9.17) is 9.72 Å². The Kier molecular flexibility index (Phi) is 5.42. The number of carbonyl (C=O) groups excluding carboxylic acids is 1. The van der Waals surface area contributed by atoms with Crippen LogP contribution in [0.25, 0.3) is 11.3 Å². The van der Waals surface area contributed by atoms with Gasteiger partial charge in [-0.2, -0.15) is 0 Å². The molecule has 2 N–H and O–H groups in total. The normalized spacial score (nSPS) is 16.8. The van der Waals surface area contributed by atoms with Crippen molar-refractivity contribution in [1.29, 1.82) is 0 Å². The molecule has 30 heavy (non-hydrogen) atoms. The van der Waals surface area contributed by atoms with Crippen molar-refractivity contribution in [2.45, 2.75) is 12.8 Å². The highest BCUT2D eigenvalue weighted by atomic mass is 32.1. The molecule has 2 aliphatic rings. The number of benzene rings is 1. The van der Waals surface area contributed by atoms with Crippen LogP contribution in [-0.2, 0) is 4.74 Å². The summed E-state index contributed by atoms with van der Waals surface area (Å²) in [6.45, 7) is 5.13. The standard InChI is InChI=1S/C22H25N5O2S/c28-21(27-7-1-2-8-27)19-13-16(14-23-19)20-15-30-22(25-20)24-17-3-5-18(6-4-17)26-9-11-29-12-10-26/h3-6,13-15,23H,1-2,7-12H2,(H,24,25). The molecule has 1 aromatic carbocycles. The van der Waals surface area contributed by atoms with E-state index in [2.05, 4.69) is 39.5 Å². The zero-order chi connectivity index (χ0) is 20.3. The second-order valence-electron chi connectivity index (χ2n) is 7.61. The molecule has 0 saturated carbocycles. The van der Waals surface area contributed by atoms with E-state index in [-0.39, 0.29) is 5.91 Å². The van der Waals surface area contributed by atoms with E-state index in [1.165, 1.54) is 5.69 Å². The molecule has 2 fully saturated rings. The molecule has 156 valence electrons. The molecule has 0 radical (unpaired) electrons. The Bertz CT molecular complexity index is 1000. The number of amides is 1. The van der Waals surface area contributed by atoms with Crippen LogP contribution in [0.5, 0.6) is 0 Å². The topological polar surface area (TPSA) is 73.5 Å². The predicted molar refractivity (Wildman–Crippen MR) is 120 cm³/mol. The lowest BCUT2D eigenvalue weighted by Gasteiger charge is -2.28. The van der Waals surface area contributed by atoms with Crippen LogP contribution in [0.2, 0.25) is 0 Å². The maximum Gasteiger partial charge on any atom is 0.270 e. The summed E-state index contributed by atoms with van der Waals surface area (Å²) < 4.78 is 5.42. The van der Waals surface area contributed by atoms with E-state index in [0.29, 0.717) is 5.69 Å². The number of hydrogen-bond acceptors (Lipinski definition) is 6. The molecule has 8 heteroatoms. The maximum atomic E-state index is 12.5. The smallest absolute Gasteiger partial charge is 0.270 e. The summed E-state index contributed by atoms with van der Waals surface area (Å²) in [5, 5.41) is 6.22. The van der Waals surface area contributed by atoms with E-state index in [9.17, 15) is 4.79 Å². The van der Waals surface area contributed by atoms with Crippen LogP contribution >= 0.6 is 11.3 Å². The van der Waals surface area contributed by atoms with Crippen molar-refractivity contribution in [3.8, 4) is 11.3 Å². The quantitative estimate of drug-likeness (QED) is 0.650. The Morgan fingerprint density at radius 3 is 2.63 bits per heavy atom. The second kappa shape index (κ2) is 8.49. The molecule has 2 aromatic heterocycles. The number of hydrogen-bond donors (Lipinski definition) is 2. The average molecular weight is 424 g/mol. The number of nitrogens with one attached hydrogen (secondary N) is 2. The summed E-state index contributed by atoms with van der Waals surface area (Å²) in [5.41, 5.74) is 4.65. The van der Waals surface area contributed by atoms with Crippen molar-refractivity contribution < 1.29 is 9.53 Å². The minimum absolute atomic E-state index is 0.0766. The van der Waals surface area contributed by atoms with Crippen LogP contribution in [0.4, 0.5) is 16.5 Å². The van der Waals surface area contributed by atoms with Crippen LogP contribution in [0.3, 0.4) is 0 Å². The molecule has 5 rings (SSSR count). The summed E-state index contributed by atoms with van der Waals surface area (Å²) in [4.78, 5) is 24.6.